The van der Waals surface area contributed by atoms with Crippen molar-refractivity contribution in [2.75, 3.05) is 39.3 Å². The monoisotopic (exact) mass is 588 g/mol. The van der Waals surface area contributed by atoms with Crippen LogP contribution in [0.2, 0.25) is 0 Å². The van der Waals surface area contributed by atoms with E-state index in [2.05, 4.69) is 61.8 Å². The smallest absolute Gasteiger partial charge is 0.162 e. The Balaban J connectivity index is 1.47. The zero-order valence-corrected chi connectivity index (χ0v) is 28.0. The lowest BCUT2D eigenvalue weighted by Crippen LogP contribution is -2.27. The summed E-state index contributed by atoms with van der Waals surface area (Å²) in [6, 6.07) is 12.5. The largest absolute Gasteiger partial charge is 0.303 e. The van der Waals surface area contributed by atoms with Crippen molar-refractivity contribution in [3.8, 4) is 11.1 Å². The van der Waals surface area contributed by atoms with Crippen LogP contribution in [0.4, 0.5) is 0 Å². The van der Waals surface area contributed by atoms with Crippen molar-refractivity contribution >= 4 is 11.6 Å². The molecule has 0 radical (unpaired) electrons. The van der Waals surface area contributed by atoms with E-state index in [-0.39, 0.29) is 11.6 Å². The number of benzene rings is 2. The molecule has 0 N–H and O–H groups in total. The number of nitrogens with zero attached hydrogens (tertiary/aromatic N) is 2. The lowest BCUT2D eigenvalue weighted by atomic mass is 9.98. The topological polar surface area (TPSA) is 40.6 Å². The molecule has 2 aromatic rings. The molecule has 0 saturated heterocycles. The molecule has 0 aliphatic heterocycles. The van der Waals surface area contributed by atoms with E-state index >= 15 is 0 Å². The van der Waals surface area contributed by atoms with Crippen LogP contribution >= 0.6 is 0 Å². The van der Waals surface area contributed by atoms with Crippen molar-refractivity contribution in [1.29, 1.82) is 0 Å². The molecular weight excluding hydrogens is 528 g/mol. The molecule has 0 atom stereocenters. The Morgan fingerprint density at radius 3 is 1.21 bits per heavy atom. The number of hydrogen-bond donors (Lipinski definition) is 0. The number of unbranched alkanes of at least 4 members (excludes halogenated alkanes) is 6. The van der Waals surface area contributed by atoms with Crippen LogP contribution in [0, 0.1) is 0 Å². The van der Waals surface area contributed by atoms with Crippen LogP contribution in [-0.2, 0) is 6.42 Å². The second kappa shape index (κ2) is 19.9. The second-order valence-electron chi connectivity index (χ2n) is 12.8. The fourth-order valence-corrected chi connectivity index (χ4v) is 6.29. The predicted molar refractivity (Wildman–Crippen MR) is 184 cm³/mol. The van der Waals surface area contributed by atoms with Gasteiger partial charge in [0, 0.05) is 24.0 Å². The van der Waals surface area contributed by atoms with Gasteiger partial charge in [0.2, 0.25) is 0 Å². The van der Waals surface area contributed by atoms with Gasteiger partial charge >= 0.3 is 0 Å². The zero-order chi connectivity index (χ0) is 30.9. The molecule has 43 heavy (non-hydrogen) atoms. The Hall–Kier alpha value is -2.30. The van der Waals surface area contributed by atoms with Gasteiger partial charge in [-0.2, -0.15) is 0 Å². The standard InChI is InChI=1S/C39H60N2O2/c1-5-9-23-40(24-10-6-2)27-15-13-17-38(42)32-19-21-36-34(29-32)31-35-30-33(20-22-37(35)36)39(43)18-14-16-28-41(25-11-7-3)26-12-8-4/h19-22,29-30H,5-18,23-28,31H2,1-4H3. The van der Waals surface area contributed by atoms with Gasteiger partial charge in [-0.3, -0.25) is 9.59 Å². The van der Waals surface area contributed by atoms with E-state index in [1.54, 1.807) is 0 Å². The lowest BCUT2D eigenvalue weighted by Gasteiger charge is -2.21. The number of hydrogen-bond acceptors (Lipinski definition) is 4. The minimum absolute atomic E-state index is 0.256. The molecule has 0 saturated carbocycles. The third kappa shape index (κ3) is 11.6. The van der Waals surface area contributed by atoms with E-state index in [0.29, 0.717) is 12.8 Å². The normalized spacial score (nSPS) is 12.2. The summed E-state index contributed by atoms with van der Waals surface area (Å²) in [4.78, 5) is 31.3. The van der Waals surface area contributed by atoms with Crippen LogP contribution in [-0.4, -0.2) is 60.6 Å². The van der Waals surface area contributed by atoms with Crippen molar-refractivity contribution in [3.05, 3.63) is 58.7 Å². The molecule has 4 heteroatoms. The maximum absolute atomic E-state index is 13.1. The Bertz CT molecular complexity index is 1020. The molecule has 0 fully saturated rings. The molecule has 238 valence electrons. The molecule has 0 aromatic heterocycles. The van der Waals surface area contributed by atoms with E-state index in [9.17, 15) is 9.59 Å². The first-order valence-corrected chi connectivity index (χ1v) is 17.8. The molecule has 0 unspecified atom stereocenters. The fourth-order valence-electron chi connectivity index (χ4n) is 6.29. The summed E-state index contributed by atoms with van der Waals surface area (Å²) >= 11 is 0. The first-order chi connectivity index (χ1) is 21.0. The van der Waals surface area contributed by atoms with Crippen LogP contribution in [0.5, 0.6) is 0 Å². The Labute approximate surface area is 263 Å². The Kier molecular flexibility index (Phi) is 16.3. The first kappa shape index (κ1) is 35.2. The van der Waals surface area contributed by atoms with Crippen molar-refractivity contribution in [3.63, 3.8) is 0 Å². The summed E-state index contributed by atoms with van der Waals surface area (Å²) < 4.78 is 0. The maximum Gasteiger partial charge on any atom is 0.162 e. The van der Waals surface area contributed by atoms with Crippen LogP contribution in [0.1, 0.15) is 149 Å². The molecule has 1 aliphatic carbocycles. The number of Topliss-reactive ketones (excluding diaryl/α,β-unsaturated/α-hetero) is 2. The van der Waals surface area contributed by atoms with Crippen molar-refractivity contribution < 1.29 is 9.59 Å². The first-order valence-electron chi connectivity index (χ1n) is 17.8. The molecule has 0 bridgehead atoms. The molecule has 0 amide bonds. The van der Waals surface area contributed by atoms with E-state index < -0.39 is 0 Å². The van der Waals surface area contributed by atoms with Gasteiger partial charge in [0.1, 0.15) is 0 Å². The number of rotatable bonds is 24. The molecule has 4 nitrogen and oxygen atoms in total. The number of ketones is 2. The van der Waals surface area contributed by atoms with Gasteiger partial charge in [-0.15, -0.1) is 0 Å². The highest BCUT2D eigenvalue weighted by Crippen LogP contribution is 2.38. The Morgan fingerprint density at radius 2 is 0.860 bits per heavy atom. The lowest BCUT2D eigenvalue weighted by molar-refractivity contribution is 0.0969. The van der Waals surface area contributed by atoms with Gasteiger partial charge in [0.05, 0.1) is 0 Å². The Morgan fingerprint density at radius 1 is 0.512 bits per heavy atom. The molecule has 3 rings (SSSR count). The maximum atomic E-state index is 13.1. The minimum Gasteiger partial charge on any atom is -0.303 e. The third-order valence-corrected chi connectivity index (χ3v) is 9.09. The average molecular weight is 589 g/mol. The van der Waals surface area contributed by atoms with Gasteiger partial charge in [0.15, 0.2) is 11.6 Å². The summed E-state index contributed by atoms with van der Waals surface area (Å²) in [5.41, 5.74) is 6.54. The number of carbonyl (C=O) groups is 2. The van der Waals surface area contributed by atoms with Crippen LogP contribution in [0.25, 0.3) is 11.1 Å². The minimum atomic E-state index is 0.256. The van der Waals surface area contributed by atoms with E-state index in [1.807, 2.05) is 12.1 Å². The summed E-state index contributed by atoms with van der Waals surface area (Å²) in [5.74, 6) is 0.512. The van der Waals surface area contributed by atoms with E-state index in [1.165, 1.54) is 99.8 Å². The summed E-state index contributed by atoms with van der Waals surface area (Å²) in [5, 5.41) is 0. The van der Waals surface area contributed by atoms with Crippen molar-refractivity contribution in [2.24, 2.45) is 0 Å². The van der Waals surface area contributed by atoms with Crippen LogP contribution < -0.4 is 0 Å². The van der Waals surface area contributed by atoms with Gasteiger partial charge < -0.3 is 9.80 Å². The number of carbonyl (C=O) groups excluding carboxylic acids is 2. The molecule has 1 aliphatic rings. The summed E-state index contributed by atoms with van der Waals surface area (Å²) in [6.45, 7) is 15.9. The molecule has 0 heterocycles. The van der Waals surface area contributed by atoms with Gasteiger partial charge in [-0.1, -0.05) is 77.6 Å². The fraction of sp³-hybridized carbons (Fsp3) is 0.641. The molecular formula is C39H60N2O2. The quantitative estimate of drug-likeness (QED) is 0.0771. The predicted octanol–water partition coefficient (Wildman–Crippen LogP) is 9.77. The highest BCUT2D eigenvalue weighted by Gasteiger charge is 2.21. The van der Waals surface area contributed by atoms with Crippen molar-refractivity contribution in [2.45, 2.75) is 124 Å². The van der Waals surface area contributed by atoms with Crippen LogP contribution in [0.3, 0.4) is 0 Å². The highest BCUT2D eigenvalue weighted by atomic mass is 16.1. The van der Waals surface area contributed by atoms with E-state index in [4.69, 9.17) is 0 Å². The zero-order valence-electron chi connectivity index (χ0n) is 28.0. The summed E-state index contributed by atoms with van der Waals surface area (Å²) in [7, 11) is 0. The van der Waals surface area contributed by atoms with Gasteiger partial charge in [-0.05, 0) is 131 Å². The van der Waals surface area contributed by atoms with E-state index in [0.717, 1.165) is 56.3 Å². The third-order valence-electron chi connectivity index (χ3n) is 9.09. The van der Waals surface area contributed by atoms with Gasteiger partial charge in [0.25, 0.3) is 0 Å². The van der Waals surface area contributed by atoms with Crippen molar-refractivity contribution in [1.82, 2.24) is 9.80 Å². The average Bonchev–Trinajstić information content (AvgIpc) is 3.39. The highest BCUT2D eigenvalue weighted by molar-refractivity contribution is 5.99. The van der Waals surface area contributed by atoms with Gasteiger partial charge in [-0.25, -0.2) is 0 Å². The molecule has 2 aromatic carbocycles. The second-order valence-corrected chi connectivity index (χ2v) is 12.8. The summed E-state index contributed by atoms with van der Waals surface area (Å²) in [6.07, 6.45) is 16.1. The SMILES string of the molecule is CCCCN(CCCC)CCCCC(=O)c1ccc2c(c1)Cc1cc(C(=O)CCCCN(CCCC)CCCC)ccc1-2. The number of fused-ring (bicyclic) bond motifs is 3. The molecule has 0 spiro atoms. The van der Waals surface area contributed by atoms with Crippen LogP contribution in [0.15, 0.2) is 36.4 Å².